The van der Waals surface area contributed by atoms with Gasteiger partial charge in [0.05, 0.1) is 63.5 Å². The van der Waals surface area contributed by atoms with Gasteiger partial charge in [0.25, 0.3) is 0 Å². The Morgan fingerprint density at radius 1 is 0.628 bits per heavy atom. The monoisotopic (exact) mass is 611 g/mol. The molecule has 0 saturated carbocycles. The Morgan fingerprint density at radius 2 is 0.953 bits per heavy atom. The van der Waals surface area contributed by atoms with Crippen molar-refractivity contribution in [3.8, 4) is 6.07 Å². The van der Waals surface area contributed by atoms with Crippen LogP contribution in [-0.2, 0) is 47.9 Å². The fraction of sp³-hybridized carbons (Fsp3) is 0.391. The molecule has 43 heavy (non-hydrogen) atoms. The number of urea groups is 1. The predicted molar refractivity (Wildman–Crippen MR) is 137 cm³/mol. The average molecular weight is 612 g/mol. The second-order valence-corrected chi connectivity index (χ2v) is 8.44. The number of ketones is 4. The summed E-state index contributed by atoms with van der Waals surface area (Å²) < 4.78 is 0. The molecule has 0 saturated heterocycles. The van der Waals surface area contributed by atoms with Crippen LogP contribution in [0.2, 0.25) is 0 Å². The molecule has 234 valence electrons. The van der Waals surface area contributed by atoms with Crippen LogP contribution in [-0.4, -0.2) is 111 Å². The summed E-state index contributed by atoms with van der Waals surface area (Å²) in [6.45, 7) is -0.0638. The summed E-state index contributed by atoms with van der Waals surface area (Å²) >= 11 is 0. The summed E-state index contributed by atoms with van der Waals surface area (Å²) in [5.41, 5.74) is 19.1. The number of hydrogen-bond donors (Lipinski definition) is 6. The molecule has 0 bridgehead atoms. The molecule has 0 aliphatic carbocycles. The predicted octanol–water partition coefficient (Wildman–Crippen LogP) is -4.66. The van der Waals surface area contributed by atoms with E-state index in [1.165, 1.54) is 6.07 Å². The zero-order valence-corrected chi connectivity index (χ0v) is 22.5. The van der Waals surface area contributed by atoms with E-state index in [2.05, 4.69) is 6.58 Å². The van der Waals surface area contributed by atoms with Gasteiger partial charge in [0.2, 0.25) is 23.6 Å². The molecule has 20 heteroatoms. The molecule has 0 aliphatic rings. The zero-order valence-electron chi connectivity index (χ0n) is 22.5. The largest absolute Gasteiger partial charge is 0.480 e. The Morgan fingerprint density at radius 3 is 1.19 bits per heavy atom. The lowest BCUT2D eigenvalue weighted by molar-refractivity contribution is -0.142. The van der Waals surface area contributed by atoms with Gasteiger partial charge in [0, 0.05) is 0 Å². The van der Waals surface area contributed by atoms with Crippen LogP contribution in [0.3, 0.4) is 0 Å². The van der Waals surface area contributed by atoms with Crippen LogP contribution in [0, 0.1) is 17.2 Å². The van der Waals surface area contributed by atoms with E-state index in [1.807, 2.05) is 0 Å². The molecular formula is C23H29N7O13. The Kier molecular flexibility index (Phi) is 17.4. The Hall–Kier alpha value is -6.00. The summed E-state index contributed by atoms with van der Waals surface area (Å²) in [6, 6.07) is 0.116. The maximum Gasteiger partial charge on any atom is 0.332 e. The quantitative estimate of drug-likeness (QED) is 0.0590. The van der Waals surface area contributed by atoms with Crippen molar-refractivity contribution in [1.82, 2.24) is 9.80 Å². The van der Waals surface area contributed by atoms with E-state index < -0.39 is 128 Å². The van der Waals surface area contributed by atoms with Gasteiger partial charge in [0.1, 0.15) is 0 Å². The summed E-state index contributed by atoms with van der Waals surface area (Å²) in [6.07, 6.45) is -3.09. The van der Waals surface area contributed by atoms with Crippen LogP contribution in [0.5, 0.6) is 0 Å². The smallest absolute Gasteiger partial charge is 0.332 e. The highest BCUT2D eigenvalue weighted by Gasteiger charge is 2.26. The first kappa shape index (κ1) is 39.1. The van der Waals surface area contributed by atoms with Crippen LogP contribution in [0.4, 0.5) is 4.79 Å². The first-order valence-electron chi connectivity index (χ1n) is 11.5. The fourth-order valence-electron chi connectivity index (χ4n) is 2.79. The number of hydrogen-bond acceptors (Lipinski definition) is 12. The van der Waals surface area contributed by atoms with Crippen molar-refractivity contribution in [3.05, 3.63) is 12.2 Å². The number of carboxylic acids is 2. The van der Waals surface area contributed by atoms with Crippen molar-refractivity contribution in [2.45, 2.75) is 25.7 Å². The lowest BCUT2D eigenvalue weighted by Crippen LogP contribution is -2.45. The summed E-state index contributed by atoms with van der Waals surface area (Å²) in [5.74, 6) is -12.0. The minimum absolute atomic E-state index is 0.571. The van der Waals surface area contributed by atoms with E-state index in [1.54, 1.807) is 0 Å². The first-order chi connectivity index (χ1) is 19.7. The number of primary amides is 4. The van der Waals surface area contributed by atoms with E-state index in [9.17, 15) is 52.7 Å². The highest BCUT2D eigenvalue weighted by atomic mass is 16.4. The van der Waals surface area contributed by atoms with Crippen molar-refractivity contribution in [2.75, 3.05) is 26.2 Å². The number of rotatable bonds is 19. The molecule has 6 amide bonds. The number of carbonyl (C=O) groups is 11. The molecule has 0 radical (unpaired) electrons. The molecule has 0 heterocycles. The number of carbonyl (C=O) groups excluding carboxylic acids is 9. The van der Waals surface area contributed by atoms with Gasteiger partial charge in [-0.2, -0.15) is 5.26 Å². The SMILES string of the molecule is C=C(C(=O)O)C(C#N)C(=O)O.NC(=O)CC(=O)CN(CC(=O)CC(=O)N(CC(=O)CC(N)=O)CC(=O)CC(N)=O)C(N)=O. The molecule has 1 unspecified atom stereocenters. The van der Waals surface area contributed by atoms with Gasteiger partial charge < -0.3 is 42.9 Å². The van der Waals surface area contributed by atoms with Crippen molar-refractivity contribution < 1.29 is 63.0 Å². The van der Waals surface area contributed by atoms with Gasteiger partial charge in [-0.25, -0.2) is 9.59 Å². The van der Waals surface area contributed by atoms with Crippen LogP contribution in [0.25, 0.3) is 0 Å². The van der Waals surface area contributed by atoms with Crippen LogP contribution < -0.4 is 22.9 Å². The van der Waals surface area contributed by atoms with Gasteiger partial charge >= 0.3 is 18.0 Å². The van der Waals surface area contributed by atoms with Crippen molar-refractivity contribution >= 4 is 64.7 Å². The number of nitriles is 1. The molecule has 0 rings (SSSR count). The van der Waals surface area contributed by atoms with Crippen molar-refractivity contribution in [1.29, 1.82) is 5.26 Å². The zero-order chi connectivity index (χ0) is 34.0. The Bertz CT molecular complexity index is 1220. The fourth-order valence-corrected chi connectivity index (χ4v) is 2.79. The van der Waals surface area contributed by atoms with Crippen molar-refractivity contribution in [2.24, 2.45) is 28.9 Å². The van der Waals surface area contributed by atoms with Gasteiger partial charge in [0.15, 0.2) is 29.1 Å². The van der Waals surface area contributed by atoms with E-state index in [4.69, 9.17) is 38.4 Å². The van der Waals surface area contributed by atoms with Gasteiger partial charge in [-0.15, -0.1) is 0 Å². The third kappa shape index (κ3) is 18.1. The van der Waals surface area contributed by atoms with Gasteiger partial charge in [-0.3, -0.25) is 43.2 Å². The van der Waals surface area contributed by atoms with E-state index >= 15 is 0 Å². The van der Waals surface area contributed by atoms with Gasteiger partial charge in [-0.05, 0) is 0 Å². The van der Waals surface area contributed by atoms with Crippen LogP contribution >= 0.6 is 0 Å². The first-order valence-corrected chi connectivity index (χ1v) is 11.5. The maximum atomic E-state index is 12.4. The lowest BCUT2D eigenvalue weighted by atomic mass is 10.0. The van der Waals surface area contributed by atoms with Gasteiger partial charge in [-0.1, -0.05) is 6.58 Å². The molecule has 0 aromatic carbocycles. The molecule has 0 spiro atoms. The molecule has 0 aliphatic heterocycles. The molecule has 0 aromatic heterocycles. The minimum Gasteiger partial charge on any atom is -0.480 e. The van der Waals surface area contributed by atoms with E-state index in [-0.39, 0.29) is 0 Å². The highest BCUT2D eigenvalue weighted by Crippen LogP contribution is 2.07. The average Bonchev–Trinajstić information content (AvgIpc) is 2.81. The summed E-state index contributed by atoms with van der Waals surface area (Å²) in [5, 5.41) is 24.6. The number of carboxylic acid groups (broad SMARTS) is 2. The third-order valence-corrected chi connectivity index (χ3v) is 4.60. The molecule has 0 aromatic rings. The molecule has 1 atom stereocenters. The second-order valence-electron chi connectivity index (χ2n) is 8.44. The normalized spacial score (nSPS) is 10.3. The van der Waals surface area contributed by atoms with Crippen LogP contribution in [0.1, 0.15) is 25.7 Å². The topological polar surface area (TPSA) is 363 Å². The third-order valence-electron chi connectivity index (χ3n) is 4.60. The second kappa shape index (κ2) is 19.1. The molecule has 0 fully saturated rings. The number of amides is 6. The number of aliphatic carboxylic acids is 2. The number of Topliss-reactive ketones (excluding diaryl/α,β-unsaturated/α-hetero) is 4. The molecular weight excluding hydrogens is 582 g/mol. The molecule has 10 N–H and O–H groups in total. The number of nitrogens with zero attached hydrogens (tertiary/aromatic N) is 3. The Balaban J connectivity index is 0. The summed E-state index contributed by atoms with van der Waals surface area (Å²) in [4.78, 5) is 125. The van der Waals surface area contributed by atoms with Crippen LogP contribution in [0.15, 0.2) is 12.2 Å². The number of nitrogens with two attached hydrogens (primary N) is 4. The summed E-state index contributed by atoms with van der Waals surface area (Å²) in [7, 11) is 0. The minimum atomic E-state index is -1.66. The van der Waals surface area contributed by atoms with E-state index in [0.717, 1.165) is 0 Å². The standard InChI is InChI=1S/C17H24N6O9.C6H5NO4/c18-13(28)1-9(24)5-22(6-10(25)2-14(19)29)16(31)4-12(27)8-23(17(21)32)7-11(26)3-15(20)30;1-3(5(8)9)4(2-7)6(10)11/h1-8H2,(H2,18,28)(H2,19,29)(H2,20,30)(H2,21,32);4H,1H2,(H,8,9)(H,10,11). The van der Waals surface area contributed by atoms with Crippen molar-refractivity contribution in [3.63, 3.8) is 0 Å². The highest BCUT2D eigenvalue weighted by molar-refractivity contribution is 6.06. The molecule has 20 nitrogen and oxygen atoms in total. The van der Waals surface area contributed by atoms with E-state index in [0.29, 0.717) is 9.80 Å². The Labute approximate surface area is 242 Å². The lowest BCUT2D eigenvalue weighted by Gasteiger charge is -2.22. The maximum absolute atomic E-state index is 12.4.